The van der Waals surface area contributed by atoms with Crippen molar-refractivity contribution >= 4 is 23.2 Å². The fourth-order valence-electron chi connectivity index (χ4n) is 3.16. The summed E-state index contributed by atoms with van der Waals surface area (Å²) in [5.41, 5.74) is 6.54. The van der Waals surface area contributed by atoms with E-state index >= 15 is 0 Å². The van der Waals surface area contributed by atoms with Crippen LogP contribution in [0.4, 0.5) is 11.4 Å². The maximum Gasteiger partial charge on any atom is 0.228 e. The van der Waals surface area contributed by atoms with Gasteiger partial charge in [0.2, 0.25) is 11.8 Å². The number of amides is 2. The lowest BCUT2D eigenvalue weighted by molar-refractivity contribution is -0.115. The van der Waals surface area contributed by atoms with Gasteiger partial charge in [0, 0.05) is 11.4 Å². The summed E-state index contributed by atoms with van der Waals surface area (Å²) in [5.74, 6) is 0.144. The molecule has 22 heavy (non-hydrogen) atoms. The zero-order valence-corrected chi connectivity index (χ0v) is 12.1. The van der Waals surface area contributed by atoms with Crippen LogP contribution in [0, 0.1) is 0 Å². The molecule has 110 valence electrons. The maximum absolute atomic E-state index is 11.4. The Morgan fingerprint density at radius 2 is 1.18 bits per heavy atom. The van der Waals surface area contributed by atoms with Gasteiger partial charge in [-0.2, -0.15) is 0 Å². The maximum atomic E-state index is 11.4. The number of carbonyl (C=O) groups is 2. The number of anilines is 2. The van der Waals surface area contributed by atoms with Gasteiger partial charge in [-0.25, -0.2) is 0 Å². The average Bonchev–Trinajstić information content (AvgIpc) is 3.04. The van der Waals surface area contributed by atoms with E-state index in [4.69, 9.17) is 0 Å². The van der Waals surface area contributed by atoms with Crippen LogP contribution in [0.25, 0.3) is 0 Å². The molecule has 0 aromatic heterocycles. The van der Waals surface area contributed by atoms with E-state index in [0.29, 0.717) is 12.8 Å². The number of rotatable bonds is 3. The molecule has 0 aliphatic carbocycles. The van der Waals surface area contributed by atoms with E-state index in [0.717, 1.165) is 35.3 Å². The van der Waals surface area contributed by atoms with E-state index in [9.17, 15) is 9.59 Å². The second-order valence-corrected chi connectivity index (χ2v) is 5.93. The van der Waals surface area contributed by atoms with Crippen molar-refractivity contribution in [2.24, 2.45) is 0 Å². The van der Waals surface area contributed by atoms with Crippen LogP contribution in [0.3, 0.4) is 0 Å². The molecule has 0 saturated carbocycles. The van der Waals surface area contributed by atoms with Crippen LogP contribution in [0.2, 0.25) is 0 Å². The smallest absolute Gasteiger partial charge is 0.228 e. The minimum absolute atomic E-state index is 0.0722. The van der Waals surface area contributed by atoms with Gasteiger partial charge < -0.3 is 10.6 Å². The third-order valence-electron chi connectivity index (χ3n) is 4.29. The molecule has 2 aromatic carbocycles. The molecular formula is C18H16N2O2. The molecule has 4 rings (SSSR count). The molecule has 0 atom stereocenters. The Morgan fingerprint density at radius 1 is 0.727 bits per heavy atom. The van der Waals surface area contributed by atoms with E-state index in [2.05, 4.69) is 34.9 Å². The number of benzene rings is 2. The molecular weight excluding hydrogens is 276 g/mol. The molecule has 4 heteroatoms. The number of fused-ring (bicyclic) bond motifs is 2. The number of carbonyl (C=O) groups excluding carboxylic acids is 2. The molecule has 2 amide bonds. The van der Waals surface area contributed by atoms with Crippen LogP contribution >= 0.6 is 0 Å². The van der Waals surface area contributed by atoms with Crippen molar-refractivity contribution in [1.82, 2.24) is 0 Å². The highest BCUT2D eigenvalue weighted by atomic mass is 16.2. The Morgan fingerprint density at radius 3 is 1.64 bits per heavy atom. The summed E-state index contributed by atoms with van der Waals surface area (Å²) in [5, 5.41) is 5.71. The summed E-state index contributed by atoms with van der Waals surface area (Å²) in [4.78, 5) is 22.8. The van der Waals surface area contributed by atoms with Gasteiger partial charge in [0.1, 0.15) is 0 Å². The Bertz CT molecular complexity index is 728. The highest BCUT2D eigenvalue weighted by Crippen LogP contribution is 2.26. The van der Waals surface area contributed by atoms with Gasteiger partial charge in [-0.15, -0.1) is 0 Å². The third-order valence-corrected chi connectivity index (χ3v) is 4.29. The number of hydrogen-bond acceptors (Lipinski definition) is 2. The molecule has 2 N–H and O–H groups in total. The van der Waals surface area contributed by atoms with Gasteiger partial charge in [-0.3, -0.25) is 9.59 Å². The molecule has 4 nitrogen and oxygen atoms in total. The first-order valence-corrected chi connectivity index (χ1v) is 7.51. The van der Waals surface area contributed by atoms with Crippen molar-refractivity contribution in [3.63, 3.8) is 0 Å². The summed E-state index contributed by atoms with van der Waals surface area (Å²) >= 11 is 0. The van der Waals surface area contributed by atoms with Crippen LogP contribution in [0.15, 0.2) is 36.4 Å². The highest BCUT2D eigenvalue weighted by molar-refractivity contribution is 5.99. The van der Waals surface area contributed by atoms with Gasteiger partial charge in [0.25, 0.3) is 0 Å². The summed E-state index contributed by atoms with van der Waals surface area (Å²) in [6, 6.07) is 12.4. The predicted octanol–water partition coefficient (Wildman–Crippen LogP) is 2.46. The van der Waals surface area contributed by atoms with E-state index in [1.807, 2.05) is 12.1 Å². The Kier molecular flexibility index (Phi) is 2.96. The molecule has 2 heterocycles. The minimum Gasteiger partial charge on any atom is -0.326 e. The molecule has 2 aromatic rings. The Balaban J connectivity index is 1.47. The quantitative estimate of drug-likeness (QED) is 0.913. The van der Waals surface area contributed by atoms with Crippen molar-refractivity contribution in [3.05, 3.63) is 58.7 Å². The van der Waals surface area contributed by atoms with Crippen molar-refractivity contribution in [2.75, 3.05) is 10.6 Å². The van der Waals surface area contributed by atoms with Crippen LogP contribution in [0.5, 0.6) is 0 Å². The van der Waals surface area contributed by atoms with E-state index in [1.54, 1.807) is 0 Å². The lowest BCUT2D eigenvalue weighted by Gasteiger charge is -2.06. The van der Waals surface area contributed by atoms with Crippen LogP contribution in [-0.4, -0.2) is 11.8 Å². The summed E-state index contributed by atoms with van der Waals surface area (Å²) in [7, 11) is 0. The molecule has 0 unspecified atom stereocenters. The standard InChI is InChI=1S/C18H16N2O2/c21-17-9-13-7-11(3-5-15(13)19-17)1-2-12-4-6-16-14(8-12)10-18(22)20-16/h3-8H,1-2,9-10H2,(H,19,21)(H,20,22). The highest BCUT2D eigenvalue weighted by Gasteiger charge is 2.18. The van der Waals surface area contributed by atoms with Gasteiger partial charge in [-0.05, 0) is 47.2 Å². The number of aryl methyl sites for hydroxylation is 2. The molecule has 2 aliphatic heterocycles. The lowest BCUT2D eigenvalue weighted by atomic mass is 9.99. The van der Waals surface area contributed by atoms with Gasteiger partial charge in [-0.1, -0.05) is 24.3 Å². The molecule has 0 spiro atoms. The average molecular weight is 292 g/mol. The van der Waals surface area contributed by atoms with Gasteiger partial charge in [0.05, 0.1) is 12.8 Å². The van der Waals surface area contributed by atoms with Crippen LogP contribution in [-0.2, 0) is 35.3 Å². The van der Waals surface area contributed by atoms with Crippen molar-refractivity contribution in [2.45, 2.75) is 25.7 Å². The topological polar surface area (TPSA) is 58.2 Å². The minimum atomic E-state index is 0.0722. The number of hydrogen-bond donors (Lipinski definition) is 2. The van der Waals surface area contributed by atoms with Crippen molar-refractivity contribution in [3.8, 4) is 0 Å². The van der Waals surface area contributed by atoms with Crippen LogP contribution in [0.1, 0.15) is 22.3 Å². The van der Waals surface area contributed by atoms with E-state index in [-0.39, 0.29) is 11.8 Å². The zero-order chi connectivity index (χ0) is 15.1. The van der Waals surface area contributed by atoms with Crippen molar-refractivity contribution in [1.29, 1.82) is 0 Å². The fourth-order valence-corrected chi connectivity index (χ4v) is 3.16. The largest absolute Gasteiger partial charge is 0.326 e. The second kappa shape index (κ2) is 4.98. The summed E-state index contributed by atoms with van der Waals surface area (Å²) in [6.45, 7) is 0. The van der Waals surface area contributed by atoms with E-state index < -0.39 is 0 Å². The van der Waals surface area contributed by atoms with Gasteiger partial charge in [0.15, 0.2) is 0 Å². The molecule has 0 radical (unpaired) electrons. The summed E-state index contributed by atoms with van der Waals surface area (Å²) in [6.07, 6.45) is 2.83. The first-order chi connectivity index (χ1) is 10.7. The zero-order valence-electron chi connectivity index (χ0n) is 12.1. The molecule has 0 saturated heterocycles. The predicted molar refractivity (Wildman–Crippen MR) is 85.0 cm³/mol. The first kappa shape index (κ1) is 13.1. The van der Waals surface area contributed by atoms with Crippen molar-refractivity contribution < 1.29 is 9.59 Å². The van der Waals surface area contributed by atoms with Gasteiger partial charge >= 0.3 is 0 Å². The normalized spacial score (nSPS) is 15.3. The Labute approximate surface area is 128 Å². The molecule has 2 aliphatic rings. The number of nitrogens with one attached hydrogen (secondary N) is 2. The lowest BCUT2D eigenvalue weighted by Crippen LogP contribution is -2.03. The SMILES string of the molecule is O=C1Cc2cc(CCc3ccc4c(c3)CC(=O)N4)ccc2N1. The molecule has 0 bridgehead atoms. The fraction of sp³-hybridized carbons (Fsp3) is 0.222. The second-order valence-electron chi connectivity index (χ2n) is 5.93. The summed E-state index contributed by atoms with van der Waals surface area (Å²) < 4.78 is 0. The third kappa shape index (κ3) is 2.37. The first-order valence-electron chi connectivity index (χ1n) is 7.51. The molecule has 0 fully saturated rings. The monoisotopic (exact) mass is 292 g/mol. The van der Waals surface area contributed by atoms with E-state index in [1.165, 1.54) is 11.1 Å². The Hall–Kier alpha value is -2.62. The van der Waals surface area contributed by atoms with Crippen LogP contribution < -0.4 is 10.6 Å².